The first-order valence-corrected chi connectivity index (χ1v) is 6.18. The zero-order chi connectivity index (χ0) is 13.8. The minimum absolute atomic E-state index is 0.00940. The largest absolute Gasteiger partial charge is 0.388 e. The van der Waals surface area contributed by atoms with E-state index >= 15 is 0 Å². The fraction of sp³-hybridized carbons (Fsp3) is 0.500. The summed E-state index contributed by atoms with van der Waals surface area (Å²) >= 11 is 0. The Hall–Kier alpha value is -1.42. The lowest BCUT2D eigenvalue weighted by atomic mass is 9.97. The molecule has 0 heterocycles. The lowest BCUT2D eigenvalue weighted by molar-refractivity contribution is 0.0313. The molecular weight excluding hydrogens is 233 g/mol. The highest BCUT2D eigenvalue weighted by molar-refractivity contribution is 5.94. The van der Waals surface area contributed by atoms with Crippen LogP contribution in [0.4, 0.5) is 4.39 Å². The second-order valence-corrected chi connectivity index (χ2v) is 4.60. The summed E-state index contributed by atoms with van der Waals surface area (Å²) in [5.41, 5.74) is -0.144. The van der Waals surface area contributed by atoms with Crippen LogP contribution in [0, 0.1) is 12.7 Å². The average Bonchev–Trinajstić information content (AvgIpc) is 2.35. The molecule has 0 aromatic heterocycles. The van der Waals surface area contributed by atoms with Gasteiger partial charge >= 0.3 is 0 Å². The Morgan fingerprint density at radius 3 is 2.50 bits per heavy atom. The maximum absolute atomic E-state index is 13.6. The van der Waals surface area contributed by atoms with Gasteiger partial charge in [0.25, 0.3) is 5.91 Å². The Morgan fingerprint density at radius 1 is 1.39 bits per heavy atom. The van der Waals surface area contributed by atoms with E-state index in [9.17, 15) is 14.3 Å². The van der Waals surface area contributed by atoms with Gasteiger partial charge in [0.15, 0.2) is 0 Å². The summed E-state index contributed by atoms with van der Waals surface area (Å²) in [6, 6.07) is 4.46. The highest BCUT2D eigenvalue weighted by Crippen LogP contribution is 2.14. The minimum atomic E-state index is -0.920. The first-order chi connectivity index (χ1) is 8.41. The standard InChI is InChI=1S/C14H20FNO2/c1-4-14(18,5-2)9-16-13(17)11-7-6-10(3)8-12(11)15/h6-8,18H,4-5,9H2,1-3H3,(H,16,17). The molecule has 0 aliphatic carbocycles. The molecule has 0 radical (unpaired) electrons. The van der Waals surface area contributed by atoms with Crippen LogP contribution >= 0.6 is 0 Å². The van der Waals surface area contributed by atoms with Crippen molar-refractivity contribution < 1.29 is 14.3 Å². The molecule has 0 atom stereocenters. The van der Waals surface area contributed by atoms with E-state index in [1.54, 1.807) is 13.0 Å². The van der Waals surface area contributed by atoms with E-state index in [1.807, 2.05) is 13.8 Å². The summed E-state index contributed by atoms with van der Waals surface area (Å²) in [5.74, 6) is -1.03. The quantitative estimate of drug-likeness (QED) is 0.846. The second-order valence-electron chi connectivity index (χ2n) is 4.60. The third-order valence-electron chi connectivity index (χ3n) is 3.26. The normalized spacial score (nSPS) is 11.4. The van der Waals surface area contributed by atoms with Crippen molar-refractivity contribution in [3.05, 3.63) is 35.1 Å². The highest BCUT2D eigenvalue weighted by Gasteiger charge is 2.23. The molecule has 0 saturated carbocycles. The van der Waals surface area contributed by atoms with Crippen molar-refractivity contribution >= 4 is 5.91 Å². The van der Waals surface area contributed by atoms with E-state index in [0.717, 1.165) is 5.56 Å². The molecule has 1 aromatic rings. The molecule has 0 saturated heterocycles. The Morgan fingerprint density at radius 2 is 2.00 bits per heavy atom. The number of nitrogens with one attached hydrogen (secondary N) is 1. The Bertz CT molecular complexity index is 428. The van der Waals surface area contributed by atoms with Crippen LogP contribution in [0.15, 0.2) is 18.2 Å². The van der Waals surface area contributed by atoms with Crippen molar-refractivity contribution in [2.24, 2.45) is 0 Å². The molecule has 1 amide bonds. The van der Waals surface area contributed by atoms with Gasteiger partial charge in [0.1, 0.15) is 5.82 Å². The average molecular weight is 253 g/mol. The zero-order valence-electron chi connectivity index (χ0n) is 11.1. The molecule has 1 rings (SSSR count). The van der Waals surface area contributed by atoms with Crippen molar-refractivity contribution in [3.63, 3.8) is 0 Å². The number of carbonyl (C=O) groups excluding carboxylic acids is 1. The van der Waals surface area contributed by atoms with E-state index in [2.05, 4.69) is 5.32 Å². The van der Waals surface area contributed by atoms with Crippen LogP contribution in [-0.2, 0) is 0 Å². The Kier molecular flexibility index (Phi) is 4.84. The van der Waals surface area contributed by atoms with Crippen molar-refractivity contribution in [3.8, 4) is 0 Å². The number of aryl methyl sites for hydroxylation is 1. The van der Waals surface area contributed by atoms with Gasteiger partial charge in [-0.15, -0.1) is 0 Å². The second kappa shape index (κ2) is 5.96. The van der Waals surface area contributed by atoms with Crippen LogP contribution in [-0.4, -0.2) is 23.2 Å². The number of benzene rings is 1. The monoisotopic (exact) mass is 253 g/mol. The van der Waals surface area contributed by atoms with Crippen LogP contribution in [0.1, 0.15) is 42.6 Å². The summed E-state index contributed by atoms with van der Waals surface area (Å²) < 4.78 is 13.6. The predicted molar refractivity (Wildman–Crippen MR) is 69.0 cm³/mol. The number of rotatable bonds is 5. The number of hydrogen-bond donors (Lipinski definition) is 2. The van der Waals surface area contributed by atoms with Gasteiger partial charge in [-0.25, -0.2) is 4.39 Å². The molecule has 0 spiro atoms. The Balaban J connectivity index is 2.71. The minimum Gasteiger partial charge on any atom is -0.388 e. The van der Waals surface area contributed by atoms with E-state index in [4.69, 9.17) is 0 Å². The third kappa shape index (κ3) is 3.53. The molecule has 0 bridgehead atoms. The van der Waals surface area contributed by atoms with E-state index < -0.39 is 17.3 Å². The van der Waals surface area contributed by atoms with Crippen LogP contribution < -0.4 is 5.32 Å². The van der Waals surface area contributed by atoms with E-state index in [1.165, 1.54) is 12.1 Å². The predicted octanol–water partition coefficient (Wildman–Crippen LogP) is 2.42. The van der Waals surface area contributed by atoms with Crippen molar-refractivity contribution in [1.29, 1.82) is 0 Å². The zero-order valence-corrected chi connectivity index (χ0v) is 11.1. The molecule has 0 aliphatic heterocycles. The molecule has 100 valence electrons. The molecule has 4 heteroatoms. The van der Waals surface area contributed by atoms with Gasteiger partial charge in [-0.3, -0.25) is 4.79 Å². The fourth-order valence-electron chi connectivity index (χ4n) is 1.64. The van der Waals surface area contributed by atoms with Crippen molar-refractivity contribution in [2.45, 2.75) is 39.2 Å². The molecule has 18 heavy (non-hydrogen) atoms. The van der Waals surface area contributed by atoms with Gasteiger partial charge < -0.3 is 10.4 Å². The summed E-state index contributed by atoms with van der Waals surface area (Å²) in [5, 5.41) is 12.6. The summed E-state index contributed by atoms with van der Waals surface area (Å²) in [6.45, 7) is 5.59. The third-order valence-corrected chi connectivity index (χ3v) is 3.26. The summed E-state index contributed by atoms with van der Waals surface area (Å²) in [6.07, 6.45) is 1.08. The first kappa shape index (κ1) is 14.6. The van der Waals surface area contributed by atoms with Gasteiger partial charge in [0.05, 0.1) is 11.2 Å². The number of carbonyl (C=O) groups is 1. The molecular formula is C14H20FNO2. The highest BCUT2D eigenvalue weighted by atomic mass is 19.1. The smallest absolute Gasteiger partial charge is 0.254 e. The molecule has 0 fully saturated rings. The van der Waals surface area contributed by atoms with Crippen LogP contribution in [0.5, 0.6) is 0 Å². The SMILES string of the molecule is CCC(O)(CC)CNC(=O)c1ccc(C)cc1F. The van der Waals surface area contributed by atoms with Crippen LogP contribution in [0.2, 0.25) is 0 Å². The number of aliphatic hydroxyl groups is 1. The van der Waals surface area contributed by atoms with E-state index in [0.29, 0.717) is 12.8 Å². The number of hydrogen-bond acceptors (Lipinski definition) is 2. The lowest BCUT2D eigenvalue weighted by Gasteiger charge is -2.25. The maximum Gasteiger partial charge on any atom is 0.254 e. The molecule has 1 aromatic carbocycles. The Labute approximate surface area is 107 Å². The maximum atomic E-state index is 13.6. The molecule has 3 nitrogen and oxygen atoms in total. The molecule has 0 aliphatic rings. The van der Waals surface area contributed by atoms with E-state index in [-0.39, 0.29) is 12.1 Å². The molecule has 2 N–H and O–H groups in total. The van der Waals surface area contributed by atoms with Gasteiger partial charge in [-0.1, -0.05) is 19.9 Å². The number of halogens is 1. The van der Waals surface area contributed by atoms with Crippen molar-refractivity contribution in [1.82, 2.24) is 5.32 Å². The summed E-state index contributed by atoms with van der Waals surface area (Å²) in [7, 11) is 0. The van der Waals surface area contributed by atoms with Gasteiger partial charge in [0.2, 0.25) is 0 Å². The first-order valence-electron chi connectivity index (χ1n) is 6.18. The lowest BCUT2D eigenvalue weighted by Crippen LogP contribution is -2.42. The van der Waals surface area contributed by atoms with Crippen LogP contribution in [0.3, 0.4) is 0 Å². The topological polar surface area (TPSA) is 49.3 Å². The van der Waals surface area contributed by atoms with Gasteiger partial charge in [0, 0.05) is 6.54 Å². The summed E-state index contributed by atoms with van der Waals surface area (Å²) in [4.78, 5) is 11.8. The van der Waals surface area contributed by atoms with Gasteiger partial charge in [-0.05, 0) is 37.5 Å². The molecule has 0 unspecified atom stereocenters. The van der Waals surface area contributed by atoms with Gasteiger partial charge in [-0.2, -0.15) is 0 Å². The fourth-order valence-corrected chi connectivity index (χ4v) is 1.64. The van der Waals surface area contributed by atoms with Crippen LogP contribution in [0.25, 0.3) is 0 Å². The van der Waals surface area contributed by atoms with Crippen molar-refractivity contribution in [2.75, 3.05) is 6.54 Å². The number of amides is 1.